The minimum Gasteiger partial charge on any atom is -0.493 e. The summed E-state index contributed by atoms with van der Waals surface area (Å²) >= 11 is 0. The van der Waals surface area contributed by atoms with Crippen LogP contribution >= 0.6 is 21.6 Å². The average molecular weight is 1280 g/mol. The van der Waals surface area contributed by atoms with E-state index >= 15 is 0 Å². The second-order valence-corrected chi connectivity index (χ2v) is 28.5. The number of aryl methyl sites for hydroxylation is 2. The summed E-state index contributed by atoms with van der Waals surface area (Å²) < 4.78 is 66.8. The second kappa shape index (κ2) is 28.9. The van der Waals surface area contributed by atoms with E-state index in [1.807, 2.05) is 65.4 Å². The summed E-state index contributed by atoms with van der Waals surface area (Å²) in [6.07, 6.45) is 4.42. The molecule has 5 aromatic rings. The SMILES string of the molecule is COCCOCCOCCN(CC(C)(C)SSCCC(C(=O)ON1C(=O)CC(C)C1=O)S(=O)(=O)OC)c1cc(COc2cc3c(cc2C)C(=O)N2Cc4ccccc4C[C@H]2C=N3)cc(COc2cc3c(cc2OC)C(=O)N2Cc4ccccc4C[C@H]2CC3)c1. The van der Waals surface area contributed by atoms with Gasteiger partial charge in [0.25, 0.3) is 33.7 Å². The summed E-state index contributed by atoms with van der Waals surface area (Å²) in [6.45, 7) is 11.6. The molecule has 0 aromatic heterocycles. The first-order valence-corrected chi connectivity index (χ1v) is 33.7. The number of nitrogens with zero attached hydrogens (tertiary/aromatic N) is 5. The van der Waals surface area contributed by atoms with E-state index in [2.05, 4.69) is 61.2 Å². The Bertz CT molecular complexity index is 3600. The number of ether oxygens (including phenoxy) is 6. The number of hydrogen-bond donors (Lipinski definition) is 0. The average Bonchev–Trinajstić information content (AvgIpc) is 1.77. The van der Waals surface area contributed by atoms with Crippen molar-refractivity contribution in [2.24, 2.45) is 10.9 Å². The van der Waals surface area contributed by atoms with E-state index in [-0.39, 0.29) is 55.7 Å². The molecular weight excluding hydrogens is 1200 g/mol. The van der Waals surface area contributed by atoms with E-state index in [0.29, 0.717) is 111 Å². The van der Waals surface area contributed by atoms with Gasteiger partial charge in [0.1, 0.15) is 19.0 Å². The molecule has 4 atom stereocenters. The highest BCUT2D eigenvalue weighted by Crippen LogP contribution is 2.41. The van der Waals surface area contributed by atoms with Crippen LogP contribution in [0.3, 0.4) is 0 Å². The second-order valence-electron chi connectivity index (χ2n) is 23.5. The normalized spacial score (nSPS) is 18.2. The molecule has 1 fully saturated rings. The van der Waals surface area contributed by atoms with Crippen LogP contribution in [0.15, 0.2) is 96.0 Å². The number of hydroxylamine groups is 2. The molecule has 4 amide bonds. The third-order valence-corrected chi connectivity index (χ3v) is 21.5. The van der Waals surface area contributed by atoms with Crippen molar-refractivity contribution in [3.63, 3.8) is 0 Å². The molecule has 5 aliphatic rings. The number of fused-ring (bicyclic) bond motifs is 6. The van der Waals surface area contributed by atoms with Gasteiger partial charge in [-0.1, -0.05) is 77.0 Å². The number of aliphatic imine (C=N–C) groups is 1. The number of amides is 4. The van der Waals surface area contributed by atoms with Crippen LogP contribution < -0.4 is 19.1 Å². The maximum Gasteiger partial charge on any atom is 0.353 e. The molecule has 2 unspecified atom stereocenters. The third-order valence-electron chi connectivity index (χ3n) is 16.6. The highest BCUT2D eigenvalue weighted by molar-refractivity contribution is 8.77. The molecular formula is C66H77N5O15S3. The Morgan fingerprint density at radius 3 is 2.07 bits per heavy atom. The van der Waals surface area contributed by atoms with Crippen LogP contribution in [0, 0.1) is 12.8 Å². The van der Waals surface area contributed by atoms with Gasteiger partial charge in [-0.05, 0) is 134 Å². The summed E-state index contributed by atoms with van der Waals surface area (Å²) in [6, 6.07) is 30.0. The van der Waals surface area contributed by atoms with Crippen molar-refractivity contribution in [1.82, 2.24) is 14.9 Å². The van der Waals surface area contributed by atoms with E-state index in [1.54, 1.807) is 20.3 Å². The predicted octanol–water partition coefficient (Wildman–Crippen LogP) is 9.19. The number of methoxy groups -OCH3 is 2. The summed E-state index contributed by atoms with van der Waals surface area (Å²) in [5, 5.41) is -1.46. The topological polar surface area (TPSA) is 219 Å². The first kappa shape index (κ1) is 65.0. The van der Waals surface area contributed by atoms with Gasteiger partial charge in [-0.3, -0.25) is 28.4 Å². The monoisotopic (exact) mass is 1280 g/mol. The minimum atomic E-state index is -4.49. The fraction of sp³-hybridized carbons (Fsp3) is 0.455. The van der Waals surface area contributed by atoms with Gasteiger partial charge in [-0.15, -0.1) is 5.06 Å². The lowest BCUT2D eigenvalue weighted by molar-refractivity contribution is -0.197. The van der Waals surface area contributed by atoms with Crippen LogP contribution in [0.25, 0.3) is 0 Å². The quantitative estimate of drug-likeness (QED) is 0.0197. The standard InChI is InChI=1S/C66H77N5O15S3/c1-42-26-55-56(67-36-53-32-47-13-9-11-15-50(47)38-70(53)64(55)75)35-57(42)84-39-44-28-45(40-85-59-33-48-16-17-51-31-46-12-8-10-14-49(46)37-69(51)63(74)54(48)34-58(59)80-6)30-52(29-44)68(19-20-82-23-24-83-22-21-79-5)41-66(3,4)88-87-25-18-60(89(77,78)81-7)65(76)86-71-61(72)27-43(2)62(71)73/h8-15,26,28-30,33-36,43,51,53,60H,16-25,27,31-32,37-41H2,1-7H3/t43?,51-,53+,60?/m1/s1. The molecule has 5 heterocycles. The molecule has 0 bridgehead atoms. The van der Waals surface area contributed by atoms with Crippen molar-refractivity contribution >= 4 is 78.9 Å². The highest BCUT2D eigenvalue weighted by atomic mass is 33.1. The van der Waals surface area contributed by atoms with Crippen molar-refractivity contribution in [3.8, 4) is 17.2 Å². The fourth-order valence-corrected chi connectivity index (χ4v) is 15.5. The molecule has 0 spiro atoms. The first-order valence-electron chi connectivity index (χ1n) is 29.9. The lowest BCUT2D eigenvalue weighted by Crippen LogP contribution is -2.44. The molecule has 89 heavy (non-hydrogen) atoms. The summed E-state index contributed by atoms with van der Waals surface area (Å²) in [4.78, 5) is 83.1. The van der Waals surface area contributed by atoms with Crippen LogP contribution in [0.2, 0.25) is 0 Å². The van der Waals surface area contributed by atoms with E-state index in [1.165, 1.54) is 39.6 Å². The van der Waals surface area contributed by atoms with E-state index < -0.39 is 43.8 Å². The van der Waals surface area contributed by atoms with Crippen molar-refractivity contribution in [2.75, 3.05) is 78.1 Å². The van der Waals surface area contributed by atoms with Crippen LogP contribution in [0.1, 0.15) is 105 Å². The van der Waals surface area contributed by atoms with Crippen molar-refractivity contribution in [2.45, 2.75) is 115 Å². The molecule has 0 N–H and O–H groups in total. The van der Waals surface area contributed by atoms with Crippen LogP contribution in [0.5, 0.6) is 17.2 Å². The Labute approximate surface area is 528 Å². The molecule has 0 radical (unpaired) electrons. The Kier molecular flexibility index (Phi) is 21.1. The van der Waals surface area contributed by atoms with Gasteiger partial charge < -0.3 is 48.0 Å². The van der Waals surface area contributed by atoms with Crippen molar-refractivity contribution in [1.29, 1.82) is 0 Å². The molecule has 5 aliphatic heterocycles. The van der Waals surface area contributed by atoms with E-state index in [9.17, 15) is 32.4 Å². The lowest BCUT2D eigenvalue weighted by atomic mass is 9.92. The van der Waals surface area contributed by atoms with Crippen LogP contribution in [0.4, 0.5) is 11.4 Å². The molecule has 20 nitrogen and oxygen atoms in total. The molecule has 23 heteroatoms. The number of benzene rings is 5. The van der Waals surface area contributed by atoms with Gasteiger partial charge in [0.05, 0.1) is 64.5 Å². The first-order chi connectivity index (χ1) is 42.8. The third kappa shape index (κ3) is 15.4. The Morgan fingerprint density at radius 1 is 0.742 bits per heavy atom. The predicted molar refractivity (Wildman–Crippen MR) is 339 cm³/mol. The number of carbonyl (C=O) groups is 5. The maximum absolute atomic E-state index is 14.4. The summed E-state index contributed by atoms with van der Waals surface area (Å²) in [5.41, 5.74) is 10.5. The lowest BCUT2D eigenvalue weighted by Gasteiger charge is -2.35. The summed E-state index contributed by atoms with van der Waals surface area (Å²) in [5.74, 6) is -1.92. The van der Waals surface area contributed by atoms with Gasteiger partial charge in [-0.25, -0.2) is 4.79 Å². The van der Waals surface area contributed by atoms with Gasteiger partial charge in [0, 0.05) is 85.7 Å². The number of rotatable bonds is 28. The Hall–Kier alpha value is -6.99. The van der Waals surface area contributed by atoms with Crippen molar-refractivity contribution in [3.05, 3.63) is 147 Å². The highest BCUT2D eigenvalue weighted by Gasteiger charge is 2.43. The minimum absolute atomic E-state index is 0.0284. The zero-order valence-corrected chi connectivity index (χ0v) is 53.8. The fourth-order valence-electron chi connectivity index (χ4n) is 11.9. The van der Waals surface area contributed by atoms with Gasteiger partial charge in [0.15, 0.2) is 16.7 Å². The zero-order valence-electron chi connectivity index (χ0n) is 51.4. The van der Waals surface area contributed by atoms with Gasteiger partial charge >= 0.3 is 5.97 Å². The zero-order chi connectivity index (χ0) is 63.0. The number of anilines is 1. The number of hydrogen-bond acceptors (Lipinski definition) is 19. The molecule has 1 saturated heterocycles. The van der Waals surface area contributed by atoms with E-state index in [4.69, 9.17) is 42.4 Å². The summed E-state index contributed by atoms with van der Waals surface area (Å²) in [7, 11) is 2.48. The molecule has 0 saturated carbocycles. The number of imide groups is 1. The van der Waals surface area contributed by atoms with Crippen LogP contribution in [-0.2, 0) is 93.3 Å². The van der Waals surface area contributed by atoms with E-state index in [0.717, 1.165) is 59.0 Å². The molecule has 5 aromatic carbocycles. The maximum atomic E-state index is 14.4. The van der Waals surface area contributed by atoms with Gasteiger partial charge in [-0.2, -0.15) is 8.42 Å². The van der Waals surface area contributed by atoms with Gasteiger partial charge in [0.2, 0.25) is 0 Å². The van der Waals surface area contributed by atoms with Crippen LogP contribution in [-0.4, -0.2) is 154 Å². The Balaban J connectivity index is 0.914. The smallest absolute Gasteiger partial charge is 0.353 e. The largest absolute Gasteiger partial charge is 0.493 e. The van der Waals surface area contributed by atoms with Crippen molar-refractivity contribution < 1.29 is 69.8 Å². The molecule has 10 rings (SSSR count). The Morgan fingerprint density at radius 2 is 1.39 bits per heavy atom. The number of carbonyl (C=O) groups excluding carboxylic acids is 5. The molecule has 0 aliphatic carbocycles. The molecule has 474 valence electrons.